The van der Waals surface area contributed by atoms with E-state index in [1.54, 1.807) is 0 Å². The minimum absolute atomic E-state index is 0.538. The van der Waals surface area contributed by atoms with Crippen LogP contribution in [0.15, 0.2) is 0 Å². The second-order valence-electron chi connectivity index (χ2n) is 7.77. The van der Waals surface area contributed by atoms with Gasteiger partial charge in [-0.1, -0.05) is 6.42 Å². The average Bonchev–Trinajstić information content (AvgIpc) is 3.09. The van der Waals surface area contributed by atoms with E-state index in [1.807, 2.05) is 0 Å². The van der Waals surface area contributed by atoms with Gasteiger partial charge in [-0.05, 0) is 90.3 Å². The highest BCUT2D eigenvalue weighted by Gasteiger charge is 2.28. The molecule has 0 spiro atoms. The van der Waals surface area contributed by atoms with E-state index < -0.39 is 0 Å². The zero-order valence-electron chi connectivity index (χ0n) is 14.6. The van der Waals surface area contributed by atoms with Gasteiger partial charge in [0.05, 0.1) is 6.10 Å². The van der Waals surface area contributed by atoms with Crippen LogP contribution in [0.3, 0.4) is 0 Å². The highest BCUT2D eigenvalue weighted by molar-refractivity contribution is 4.85. The number of ether oxygens (including phenoxy) is 1. The molecule has 3 nitrogen and oxygen atoms in total. The molecule has 3 fully saturated rings. The molecule has 1 aliphatic heterocycles. The van der Waals surface area contributed by atoms with Gasteiger partial charge in [0.2, 0.25) is 0 Å². The Morgan fingerprint density at radius 3 is 2.45 bits per heavy atom. The molecule has 0 bridgehead atoms. The maximum Gasteiger partial charge on any atom is 0.0578 e. The lowest BCUT2D eigenvalue weighted by atomic mass is 9.86. The summed E-state index contributed by atoms with van der Waals surface area (Å²) in [6.07, 6.45) is 14.4. The summed E-state index contributed by atoms with van der Waals surface area (Å²) in [6, 6.07) is 1.68. The van der Waals surface area contributed by atoms with Crippen molar-refractivity contribution in [1.29, 1.82) is 0 Å². The quantitative estimate of drug-likeness (QED) is 0.812. The van der Waals surface area contributed by atoms with Crippen LogP contribution in [-0.4, -0.2) is 49.3 Å². The summed E-state index contributed by atoms with van der Waals surface area (Å²) in [5.74, 6) is 0.849. The molecule has 2 unspecified atom stereocenters. The normalized spacial score (nSPS) is 37.5. The van der Waals surface area contributed by atoms with Gasteiger partial charge in [0.25, 0.3) is 0 Å². The molecule has 3 aliphatic rings. The number of nitrogens with zero attached hydrogens (tertiary/aromatic N) is 1. The van der Waals surface area contributed by atoms with E-state index >= 15 is 0 Å². The van der Waals surface area contributed by atoms with Gasteiger partial charge < -0.3 is 15.0 Å². The second kappa shape index (κ2) is 8.65. The van der Waals surface area contributed by atoms with Gasteiger partial charge >= 0.3 is 0 Å². The van der Waals surface area contributed by atoms with Gasteiger partial charge in [-0.25, -0.2) is 0 Å². The van der Waals surface area contributed by atoms with E-state index in [2.05, 4.69) is 17.1 Å². The molecule has 0 aromatic rings. The minimum Gasteiger partial charge on any atom is -0.378 e. The molecule has 3 heteroatoms. The first kappa shape index (κ1) is 16.7. The highest BCUT2D eigenvalue weighted by atomic mass is 16.5. The number of nitrogens with one attached hydrogen (secondary N) is 1. The Hall–Kier alpha value is -0.120. The van der Waals surface area contributed by atoms with E-state index in [-0.39, 0.29) is 0 Å². The summed E-state index contributed by atoms with van der Waals surface area (Å²) in [5.41, 5.74) is 0. The first-order chi connectivity index (χ1) is 10.8. The third kappa shape index (κ3) is 4.69. The smallest absolute Gasteiger partial charge is 0.0578 e. The molecule has 1 saturated heterocycles. The summed E-state index contributed by atoms with van der Waals surface area (Å²) in [7, 11) is 0. The van der Waals surface area contributed by atoms with Crippen molar-refractivity contribution in [3.05, 3.63) is 0 Å². The Balaban J connectivity index is 1.32. The Morgan fingerprint density at radius 2 is 1.73 bits per heavy atom. The van der Waals surface area contributed by atoms with Gasteiger partial charge in [0.1, 0.15) is 0 Å². The Labute approximate surface area is 137 Å². The fraction of sp³-hybridized carbons (Fsp3) is 1.00. The molecule has 0 aromatic carbocycles. The lowest BCUT2D eigenvalue weighted by molar-refractivity contribution is 0.0198. The van der Waals surface area contributed by atoms with Crippen molar-refractivity contribution in [2.45, 2.75) is 89.3 Å². The summed E-state index contributed by atoms with van der Waals surface area (Å²) >= 11 is 0. The molecule has 1 N–H and O–H groups in total. The van der Waals surface area contributed by atoms with Crippen LogP contribution in [0.5, 0.6) is 0 Å². The van der Waals surface area contributed by atoms with Crippen molar-refractivity contribution in [2.75, 3.05) is 26.2 Å². The molecule has 22 heavy (non-hydrogen) atoms. The molecular formula is C19H36N2O. The van der Waals surface area contributed by atoms with Crippen LogP contribution in [0.4, 0.5) is 0 Å². The topological polar surface area (TPSA) is 24.5 Å². The molecule has 2 saturated carbocycles. The SMILES string of the molecule is CCOC1CCCC(CNC2CCC(N3CCCC3)CC2)C1. The largest absolute Gasteiger partial charge is 0.378 e. The molecule has 2 aliphatic carbocycles. The van der Waals surface area contributed by atoms with Gasteiger partial charge in [-0.3, -0.25) is 0 Å². The minimum atomic E-state index is 0.538. The van der Waals surface area contributed by atoms with E-state index in [1.165, 1.54) is 83.8 Å². The third-order valence-corrected chi connectivity index (χ3v) is 6.19. The van der Waals surface area contributed by atoms with Crippen molar-refractivity contribution in [2.24, 2.45) is 5.92 Å². The van der Waals surface area contributed by atoms with E-state index in [9.17, 15) is 0 Å². The summed E-state index contributed by atoms with van der Waals surface area (Å²) in [4.78, 5) is 2.75. The Kier molecular flexibility index (Phi) is 6.58. The molecule has 128 valence electrons. The second-order valence-corrected chi connectivity index (χ2v) is 7.77. The van der Waals surface area contributed by atoms with Crippen molar-refractivity contribution in [1.82, 2.24) is 10.2 Å². The van der Waals surface area contributed by atoms with Crippen LogP contribution in [0.2, 0.25) is 0 Å². The standard InChI is InChI=1S/C19H36N2O/c1-2-22-19-7-5-6-16(14-19)15-20-17-8-10-18(11-9-17)21-12-3-4-13-21/h16-20H,2-15H2,1H3. The van der Waals surface area contributed by atoms with Crippen LogP contribution in [0.25, 0.3) is 0 Å². The van der Waals surface area contributed by atoms with Gasteiger partial charge in [0.15, 0.2) is 0 Å². The molecule has 3 rings (SSSR count). The lowest BCUT2D eigenvalue weighted by Crippen LogP contribution is -2.43. The number of likely N-dealkylation sites (tertiary alicyclic amines) is 1. The van der Waals surface area contributed by atoms with Crippen molar-refractivity contribution < 1.29 is 4.74 Å². The van der Waals surface area contributed by atoms with E-state index in [0.29, 0.717) is 6.10 Å². The van der Waals surface area contributed by atoms with Crippen molar-refractivity contribution >= 4 is 0 Å². The van der Waals surface area contributed by atoms with E-state index in [0.717, 1.165) is 24.6 Å². The van der Waals surface area contributed by atoms with Crippen LogP contribution >= 0.6 is 0 Å². The van der Waals surface area contributed by atoms with Crippen molar-refractivity contribution in [3.8, 4) is 0 Å². The van der Waals surface area contributed by atoms with Crippen LogP contribution in [0.1, 0.15) is 71.1 Å². The zero-order chi connectivity index (χ0) is 15.2. The number of rotatable bonds is 6. The summed E-state index contributed by atoms with van der Waals surface area (Å²) < 4.78 is 5.84. The van der Waals surface area contributed by atoms with Gasteiger partial charge in [-0.15, -0.1) is 0 Å². The predicted molar refractivity (Wildman–Crippen MR) is 92.2 cm³/mol. The lowest BCUT2D eigenvalue weighted by Gasteiger charge is -2.36. The fourth-order valence-electron chi connectivity index (χ4n) is 4.90. The average molecular weight is 309 g/mol. The zero-order valence-corrected chi connectivity index (χ0v) is 14.6. The number of hydrogen-bond acceptors (Lipinski definition) is 3. The summed E-state index contributed by atoms with van der Waals surface area (Å²) in [6.45, 7) is 6.96. The summed E-state index contributed by atoms with van der Waals surface area (Å²) in [5, 5.41) is 3.89. The van der Waals surface area contributed by atoms with Gasteiger partial charge in [0, 0.05) is 18.7 Å². The van der Waals surface area contributed by atoms with E-state index in [4.69, 9.17) is 4.74 Å². The van der Waals surface area contributed by atoms with Crippen LogP contribution in [0, 0.1) is 5.92 Å². The molecule has 0 aromatic heterocycles. The molecule has 2 atom stereocenters. The maximum absolute atomic E-state index is 5.84. The Bertz CT molecular complexity index is 307. The Morgan fingerprint density at radius 1 is 0.955 bits per heavy atom. The third-order valence-electron chi connectivity index (χ3n) is 6.19. The predicted octanol–water partition coefficient (Wildman–Crippen LogP) is 3.58. The monoisotopic (exact) mass is 308 g/mol. The highest BCUT2D eigenvalue weighted by Crippen LogP contribution is 2.28. The molecule has 0 amide bonds. The van der Waals surface area contributed by atoms with Gasteiger partial charge in [-0.2, -0.15) is 0 Å². The number of hydrogen-bond donors (Lipinski definition) is 1. The van der Waals surface area contributed by atoms with Crippen LogP contribution in [-0.2, 0) is 4.74 Å². The first-order valence-electron chi connectivity index (χ1n) is 9.94. The fourth-order valence-corrected chi connectivity index (χ4v) is 4.90. The molecule has 0 radical (unpaired) electrons. The first-order valence-corrected chi connectivity index (χ1v) is 9.94. The molecular weight excluding hydrogens is 272 g/mol. The molecule has 1 heterocycles. The van der Waals surface area contributed by atoms with Crippen LogP contribution < -0.4 is 5.32 Å². The maximum atomic E-state index is 5.84. The van der Waals surface area contributed by atoms with Crippen molar-refractivity contribution in [3.63, 3.8) is 0 Å².